The van der Waals surface area contributed by atoms with Crippen LogP contribution in [0.4, 0.5) is 0 Å². The number of carbonyl (C=O) groups excluding carboxylic acids is 2. The summed E-state index contributed by atoms with van der Waals surface area (Å²) in [5, 5.41) is 11.6. The molecule has 0 spiro atoms. The van der Waals surface area contributed by atoms with Crippen LogP contribution in [0.3, 0.4) is 0 Å². The first-order valence-corrected chi connectivity index (χ1v) is 7.42. The zero-order valence-corrected chi connectivity index (χ0v) is 12.8. The SMILES string of the molecule is CCCC[C@H](NC1=C(Cl)C(=O)c2ccccc2C1=O)C(=O)O. The van der Waals surface area contributed by atoms with E-state index >= 15 is 0 Å². The quantitative estimate of drug-likeness (QED) is 0.841. The molecular weight excluding hydrogens is 306 g/mol. The van der Waals surface area contributed by atoms with E-state index in [1.54, 1.807) is 12.1 Å². The molecule has 2 N–H and O–H groups in total. The molecule has 0 aromatic heterocycles. The maximum absolute atomic E-state index is 12.5. The number of rotatable bonds is 6. The molecule has 1 aromatic rings. The summed E-state index contributed by atoms with van der Waals surface area (Å²) in [5.41, 5.74) is 0.344. The highest BCUT2D eigenvalue weighted by atomic mass is 35.5. The average molecular weight is 322 g/mol. The van der Waals surface area contributed by atoms with E-state index in [0.29, 0.717) is 12.8 Å². The van der Waals surface area contributed by atoms with Crippen LogP contribution in [-0.4, -0.2) is 28.7 Å². The van der Waals surface area contributed by atoms with Gasteiger partial charge in [-0.2, -0.15) is 0 Å². The number of halogens is 1. The van der Waals surface area contributed by atoms with Crippen molar-refractivity contribution in [3.63, 3.8) is 0 Å². The Balaban J connectivity index is 2.34. The van der Waals surface area contributed by atoms with E-state index in [0.717, 1.165) is 6.42 Å². The third-order valence-corrected chi connectivity index (χ3v) is 3.89. The minimum absolute atomic E-state index is 0.131. The van der Waals surface area contributed by atoms with Crippen LogP contribution in [0.1, 0.15) is 46.9 Å². The summed E-state index contributed by atoms with van der Waals surface area (Å²) in [6, 6.07) is 5.40. The average Bonchev–Trinajstić information content (AvgIpc) is 2.52. The lowest BCUT2D eigenvalue weighted by atomic mass is 9.92. The van der Waals surface area contributed by atoms with Crippen LogP contribution in [0.25, 0.3) is 0 Å². The molecule has 1 aliphatic rings. The summed E-state index contributed by atoms with van der Waals surface area (Å²) in [6.45, 7) is 1.94. The highest BCUT2D eigenvalue weighted by molar-refractivity contribution is 6.49. The molecule has 0 fully saturated rings. The van der Waals surface area contributed by atoms with Crippen molar-refractivity contribution in [3.05, 3.63) is 46.1 Å². The fourth-order valence-corrected chi connectivity index (χ4v) is 2.56. The first kappa shape index (κ1) is 16.2. The predicted molar refractivity (Wildman–Crippen MR) is 82.1 cm³/mol. The lowest BCUT2D eigenvalue weighted by Gasteiger charge is -2.22. The maximum Gasteiger partial charge on any atom is 0.326 e. The third-order valence-electron chi connectivity index (χ3n) is 3.53. The zero-order valence-electron chi connectivity index (χ0n) is 12.1. The van der Waals surface area contributed by atoms with Gasteiger partial charge in [-0.3, -0.25) is 9.59 Å². The number of unbranched alkanes of at least 4 members (excludes halogenated alkanes) is 1. The number of hydrogen-bond acceptors (Lipinski definition) is 4. The van der Waals surface area contributed by atoms with E-state index in [2.05, 4.69) is 5.32 Å². The second-order valence-corrected chi connectivity index (χ2v) is 5.45. The van der Waals surface area contributed by atoms with E-state index in [4.69, 9.17) is 11.6 Å². The number of nitrogens with one attached hydrogen (secondary N) is 1. The minimum Gasteiger partial charge on any atom is -0.480 e. The fourth-order valence-electron chi connectivity index (χ4n) is 2.31. The van der Waals surface area contributed by atoms with E-state index in [-0.39, 0.29) is 21.9 Å². The van der Waals surface area contributed by atoms with Gasteiger partial charge >= 0.3 is 5.97 Å². The van der Waals surface area contributed by atoms with E-state index < -0.39 is 23.6 Å². The second kappa shape index (κ2) is 6.75. The molecule has 0 radical (unpaired) electrons. The van der Waals surface area contributed by atoms with E-state index in [1.165, 1.54) is 12.1 Å². The largest absolute Gasteiger partial charge is 0.480 e. The standard InChI is InChI=1S/C16H16ClNO4/c1-2-3-8-11(16(21)22)18-13-12(17)14(19)9-6-4-5-7-10(9)15(13)20/h4-7,11,18H,2-3,8H2,1H3,(H,21,22)/t11-/m0/s1. The van der Waals surface area contributed by atoms with Crippen LogP contribution in [0, 0.1) is 0 Å². The summed E-state index contributed by atoms with van der Waals surface area (Å²) in [5.74, 6) is -2.01. The minimum atomic E-state index is -1.08. The normalized spacial score (nSPS) is 15.5. The molecule has 0 saturated carbocycles. The monoisotopic (exact) mass is 321 g/mol. The van der Waals surface area contributed by atoms with Crippen molar-refractivity contribution in [2.24, 2.45) is 0 Å². The highest BCUT2D eigenvalue weighted by Gasteiger charge is 2.33. The van der Waals surface area contributed by atoms with Gasteiger partial charge in [0.25, 0.3) is 0 Å². The molecule has 0 unspecified atom stereocenters. The molecule has 0 heterocycles. The first-order chi connectivity index (χ1) is 10.5. The Labute approximate surface area is 133 Å². The molecule has 1 aliphatic carbocycles. The van der Waals surface area contributed by atoms with Gasteiger partial charge in [0.1, 0.15) is 16.8 Å². The number of carboxylic acids is 1. The van der Waals surface area contributed by atoms with Gasteiger partial charge in [-0.25, -0.2) is 4.79 Å². The summed E-state index contributed by atoms with van der Waals surface area (Å²) in [6.07, 6.45) is 1.87. The van der Waals surface area contributed by atoms with Crippen molar-refractivity contribution in [1.82, 2.24) is 5.32 Å². The van der Waals surface area contributed by atoms with Gasteiger partial charge in [0.05, 0.1) is 0 Å². The van der Waals surface area contributed by atoms with Crippen LogP contribution in [-0.2, 0) is 4.79 Å². The maximum atomic E-state index is 12.5. The number of allylic oxidation sites excluding steroid dienone is 2. The van der Waals surface area contributed by atoms with E-state index in [1.807, 2.05) is 6.92 Å². The molecule has 1 aromatic carbocycles. The molecular formula is C16H16ClNO4. The summed E-state index contributed by atoms with van der Waals surface area (Å²) >= 11 is 5.99. The number of carboxylic acid groups (broad SMARTS) is 1. The molecule has 0 bridgehead atoms. The number of benzene rings is 1. The van der Waals surface area contributed by atoms with Gasteiger partial charge in [0, 0.05) is 11.1 Å². The topological polar surface area (TPSA) is 83.5 Å². The van der Waals surface area contributed by atoms with Crippen molar-refractivity contribution >= 4 is 29.1 Å². The van der Waals surface area contributed by atoms with Crippen LogP contribution >= 0.6 is 11.6 Å². The molecule has 116 valence electrons. The molecule has 0 saturated heterocycles. The Morgan fingerprint density at radius 1 is 1.23 bits per heavy atom. The second-order valence-electron chi connectivity index (χ2n) is 5.07. The lowest BCUT2D eigenvalue weighted by Crippen LogP contribution is -2.40. The molecule has 0 amide bonds. The fraction of sp³-hybridized carbons (Fsp3) is 0.312. The third kappa shape index (κ3) is 3.04. The zero-order chi connectivity index (χ0) is 16.3. The lowest BCUT2D eigenvalue weighted by molar-refractivity contribution is -0.139. The van der Waals surface area contributed by atoms with Gasteiger partial charge in [0.2, 0.25) is 11.6 Å². The smallest absolute Gasteiger partial charge is 0.326 e. The van der Waals surface area contributed by atoms with Gasteiger partial charge < -0.3 is 10.4 Å². The highest BCUT2D eigenvalue weighted by Crippen LogP contribution is 2.27. The molecule has 6 heteroatoms. The number of fused-ring (bicyclic) bond motifs is 1. The Hall–Kier alpha value is -2.14. The Morgan fingerprint density at radius 3 is 2.36 bits per heavy atom. The first-order valence-electron chi connectivity index (χ1n) is 7.05. The van der Waals surface area contributed by atoms with E-state index in [9.17, 15) is 19.5 Å². The van der Waals surface area contributed by atoms with Gasteiger partial charge in [-0.05, 0) is 6.42 Å². The van der Waals surface area contributed by atoms with Crippen LogP contribution in [0.15, 0.2) is 35.0 Å². The Morgan fingerprint density at radius 2 is 1.82 bits per heavy atom. The van der Waals surface area contributed by atoms with Crippen LogP contribution in [0.5, 0.6) is 0 Å². The van der Waals surface area contributed by atoms with Crippen molar-refractivity contribution in [1.29, 1.82) is 0 Å². The number of aliphatic carboxylic acids is 1. The van der Waals surface area contributed by atoms with Gasteiger partial charge in [0.15, 0.2) is 0 Å². The van der Waals surface area contributed by atoms with Crippen molar-refractivity contribution < 1.29 is 19.5 Å². The molecule has 1 atom stereocenters. The van der Waals surface area contributed by atoms with Crippen molar-refractivity contribution in [3.8, 4) is 0 Å². The molecule has 5 nitrogen and oxygen atoms in total. The van der Waals surface area contributed by atoms with Crippen LogP contribution < -0.4 is 5.32 Å². The summed E-state index contributed by atoms with van der Waals surface area (Å²) < 4.78 is 0. The summed E-state index contributed by atoms with van der Waals surface area (Å²) in [4.78, 5) is 36.0. The predicted octanol–water partition coefficient (Wildman–Crippen LogP) is 2.75. The van der Waals surface area contributed by atoms with Crippen LogP contribution in [0.2, 0.25) is 0 Å². The summed E-state index contributed by atoms with van der Waals surface area (Å²) in [7, 11) is 0. The van der Waals surface area contributed by atoms with Crippen molar-refractivity contribution in [2.75, 3.05) is 0 Å². The number of Topliss-reactive ketones (excluding diaryl/α,β-unsaturated/α-hetero) is 2. The number of hydrogen-bond donors (Lipinski definition) is 2. The van der Waals surface area contributed by atoms with Gasteiger partial charge in [-0.1, -0.05) is 55.6 Å². The van der Waals surface area contributed by atoms with Gasteiger partial charge in [-0.15, -0.1) is 0 Å². The van der Waals surface area contributed by atoms with Crippen molar-refractivity contribution in [2.45, 2.75) is 32.2 Å². The molecule has 2 rings (SSSR count). The Kier molecular flexibility index (Phi) is 4.98. The number of ketones is 2. The molecule has 22 heavy (non-hydrogen) atoms. The number of carbonyl (C=O) groups is 3. The Bertz CT molecular complexity index is 666. The molecule has 0 aliphatic heterocycles.